The molecule has 4 aromatic rings. The van der Waals surface area contributed by atoms with Gasteiger partial charge in [-0.25, -0.2) is 4.79 Å². The second-order valence-electron chi connectivity index (χ2n) is 10.8. The number of hydrogen-bond donors (Lipinski definition) is 3. The van der Waals surface area contributed by atoms with E-state index in [0.29, 0.717) is 17.8 Å². The van der Waals surface area contributed by atoms with Gasteiger partial charge in [-0.3, -0.25) is 4.79 Å². The summed E-state index contributed by atoms with van der Waals surface area (Å²) in [6, 6.07) is 26.9. The molecule has 4 aromatic carbocycles. The van der Waals surface area contributed by atoms with Crippen molar-refractivity contribution in [2.24, 2.45) is 0 Å². The van der Waals surface area contributed by atoms with Crippen LogP contribution in [0.25, 0.3) is 10.8 Å². The molecule has 9 nitrogen and oxygen atoms in total. The molecule has 0 radical (unpaired) electrons. The standard InChI is InChI=1S/C34H37N5O4/c1-42-32-14-5-4-13-31(32)39-19-17-38(18-20-39)30-16-15-25(22-28(30)33(40)35-23-26-10-7-21-43-26)36-34(41)37-29-12-6-9-24-8-2-3-11-27(24)29/h2-6,8-9,11-16,22,26H,7,10,17-21,23H2,1H3,(H,35,40)(H2,36,37,41). The Balaban J connectivity index is 1.19. The van der Waals surface area contributed by atoms with Crippen molar-refractivity contribution in [1.29, 1.82) is 0 Å². The first kappa shape index (κ1) is 28.4. The van der Waals surface area contributed by atoms with Crippen molar-refractivity contribution >= 4 is 45.5 Å². The van der Waals surface area contributed by atoms with Gasteiger partial charge in [0.25, 0.3) is 5.91 Å². The average Bonchev–Trinajstić information content (AvgIpc) is 3.58. The number of amides is 3. The summed E-state index contributed by atoms with van der Waals surface area (Å²) in [4.78, 5) is 31.1. The fraction of sp³-hybridized carbons (Fsp3) is 0.294. The fourth-order valence-corrected chi connectivity index (χ4v) is 5.88. The van der Waals surface area contributed by atoms with E-state index in [0.717, 1.165) is 79.2 Å². The van der Waals surface area contributed by atoms with Crippen LogP contribution in [0.15, 0.2) is 84.9 Å². The SMILES string of the molecule is COc1ccccc1N1CCN(c2ccc(NC(=O)Nc3cccc4ccccc34)cc2C(=O)NCC2CCCO2)CC1. The molecule has 0 spiro atoms. The molecule has 6 rings (SSSR count). The van der Waals surface area contributed by atoms with Crippen LogP contribution in [0.4, 0.5) is 27.5 Å². The number of urea groups is 1. The first-order valence-electron chi connectivity index (χ1n) is 14.8. The number of methoxy groups -OCH3 is 1. The number of fused-ring (bicyclic) bond motifs is 1. The van der Waals surface area contributed by atoms with Crippen molar-refractivity contribution in [1.82, 2.24) is 5.32 Å². The number of carbonyl (C=O) groups excluding carboxylic acids is 2. The van der Waals surface area contributed by atoms with Gasteiger partial charge in [-0.15, -0.1) is 0 Å². The Hall–Kier alpha value is -4.76. The third-order valence-electron chi connectivity index (χ3n) is 8.10. The molecule has 2 aliphatic heterocycles. The molecule has 3 amide bonds. The molecule has 43 heavy (non-hydrogen) atoms. The Bertz CT molecular complexity index is 1590. The highest BCUT2D eigenvalue weighted by Gasteiger charge is 2.25. The van der Waals surface area contributed by atoms with Crippen LogP contribution in [0.1, 0.15) is 23.2 Å². The van der Waals surface area contributed by atoms with E-state index in [2.05, 4.69) is 31.8 Å². The van der Waals surface area contributed by atoms with Gasteiger partial charge in [-0.1, -0.05) is 48.5 Å². The highest BCUT2D eigenvalue weighted by Crippen LogP contribution is 2.31. The maximum absolute atomic E-state index is 13.6. The number of nitrogens with zero attached hydrogens (tertiary/aromatic N) is 2. The predicted molar refractivity (Wildman–Crippen MR) is 172 cm³/mol. The zero-order valence-corrected chi connectivity index (χ0v) is 24.3. The van der Waals surface area contributed by atoms with Crippen molar-refractivity contribution < 1.29 is 19.1 Å². The zero-order chi connectivity index (χ0) is 29.6. The van der Waals surface area contributed by atoms with Gasteiger partial charge in [-0.05, 0) is 54.6 Å². The quantitative estimate of drug-likeness (QED) is 0.247. The molecule has 222 valence electrons. The van der Waals surface area contributed by atoms with Gasteiger partial charge in [0.15, 0.2) is 0 Å². The van der Waals surface area contributed by atoms with E-state index in [1.165, 1.54) is 0 Å². The van der Waals surface area contributed by atoms with Gasteiger partial charge in [0, 0.05) is 56.1 Å². The summed E-state index contributed by atoms with van der Waals surface area (Å²) in [7, 11) is 1.69. The maximum atomic E-state index is 13.6. The van der Waals surface area contributed by atoms with Crippen molar-refractivity contribution in [3.63, 3.8) is 0 Å². The molecule has 0 aromatic heterocycles. The minimum Gasteiger partial charge on any atom is -0.495 e. The molecule has 2 heterocycles. The van der Waals surface area contributed by atoms with Crippen molar-refractivity contribution in [2.75, 3.05) is 66.9 Å². The summed E-state index contributed by atoms with van der Waals surface area (Å²) < 4.78 is 11.3. The summed E-state index contributed by atoms with van der Waals surface area (Å²) in [6.45, 7) is 4.22. The molecule has 1 unspecified atom stereocenters. The number of benzene rings is 4. The Morgan fingerprint density at radius 3 is 2.40 bits per heavy atom. The number of rotatable bonds is 8. The molecule has 2 saturated heterocycles. The van der Waals surface area contributed by atoms with Crippen LogP contribution in [-0.2, 0) is 4.74 Å². The zero-order valence-electron chi connectivity index (χ0n) is 24.3. The van der Waals surface area contributed by atoms with E-state index < -0.39 is 0 Å². The molecule has 3 N–H and O–H groups in total. The number of para-hydroxylation sites is 2. The third kappa shape index (κ3) is 6.52. The summed E-state index contributed by atoms with van der Waals surface area (Å²) in [5.41, 5.74) is 3.68. The lowest BCUT2D eigenvalue weighted by Crippen LogP contribution is -2.47. The number of hydrogen-bond acceptors (Lipinski definition) is 6. The number of ether oxygens (including phenoxy) is 2. The van der Waals surface area contributed by atoms with Crippen LogP contribution in [-0.4, -0.2) is 64.5 Å². The van der Waals surface area contributed by atoms with Crippen molar-refractivity contribution in [3.05, 3.63) is 90.5 Å². The molecule has 0 bridgehead atoms. The predicted octanol–water partition coefficient (Wildman–Crippen LogP) is 5.73. The number of piperazine rings is 1. The molecule has 2 fully saturated rings. The van der Waals surface area contributed by atoms with Crippen molar-refractivity contribution in [3.8, 4) is 5.75 Å². The minimum atomic E-state index is -0.375. The fourth-order valence-electron chi connectivity index (χ4n) is 5.88. The summed E-state index contributed by atoms with van der Waals surface area (Å²) in [5.74, 6) is 0.665. The van der Waals surface area contributed by atoms with Gasteiger partial charge in [-0.2, -0.15) is 0 Å². The number of nitrogens with one attached hydrogen (secondary N) is 3. The van der Waals surface area contributed by atoms with Crippen LogP contribution in [0.2, 0.25) is 0 Å². The average molecular weight is 580 g/mol. The van der Waals surface area contributed by atoms with Crippen LogP contribution >= 0.6 is 0 Å². The van der Waals surface area contributed by atoms with E-state index >= 15 is 0 Å². The van der Waals surface area contributed by atoms with Crippen LogP contribution in [0.5, 0.6) is 5.75 Å². The van der Waals surface area contributed by atoms with E-state index in [9.17, 15) is 9.59 Å². The monoisotopic (exact) mass is 579 g/mol. The van der Waals surface area contributed by atoms with E-state index in [1.54, 1.807) is 13.2 Å². The minimum absolute atomic E-state index is 0.0320. The molecule has 2 aliphatic rings. The third-order valence-corrected chi connectivity index (χ3v) is 8.10. The molecular formula is C34H37N5O4. The lowest BCUT2D eigenvalue weighted by atomic mass is 10.1. The van der Waals surface area contributed by atoms with Crippen LogP contribution in [0.3, 0.4) is 0 Å². The largest absolute Gasteiger partial charge is 0.495 e. The first-order chi connectivity index (χ1) is 21.1. The Labute approximate surface area is 251 Å². The van der Waals surface area contributed by atoms with Crippen LogP contribution < -0.4 is 30.5 Å². The topological polar surface area (TPSA) is 95.2 Å². The molecular weight excluding hydrogens is 542 g/mol. The van der Waals surface area contributed by atoms with Gasteiger partial charge in [0.2, 0.25) is 0 Å². The highest BCUT2D eigenvalue weighted by molar-refractivity contribution is 6.07. The number of anilines is 4. The van der Waals surface area contributed by atoms with Crippen LogP contribution in [0, 0.1) is 0 Å². The highest BCUT2D eigenvalue weighted by atomic mass is 16.5. The van der Waals surface area contributed by atoms with Gasteiger partial charge in [0.05, 0.1) is 30.2 Å². The second kappa shape index (κ2) is 13.0. The summed E-state index contributed by atoms with van der Waals surface area (Å²) in [5, 5.41) is 10.9. The maximum Gasteiger partial charge on any atom is 0.323 e. The van der Waals surface area contributed by atoms with Gasteiger partial charge in [0.1, 0.15) is 5.75 Å². The van der Waals surface area contributed by atoms with E-state index in [1.807, 2.05) is 72.8 Å². The lowest BCUT2D eigenvalue weighted by Gasteiger charge is -2.38. The lowest BCUT2D eigenvalue weighted by molar-refractivity contribution is 0.0858. The van der Waals surface area contributed by atoms with Crippen molar-refractivity contribution in [2.45, 2.75) is 18.9 Å². The Morgan fingerprint density at radius 2 is 1.60 bits per heavy atom. The molecule has 0 aliphatic carbocycles. The normalized spacial score (nSPS) is 16.6. The number of carbonyl (C=O) groups is 2. The molecule has 0 saturated carbocycles. The first-order valence-corrected chi connectivity index (χ1v) is 14.8. The Morgan fingerprint density at radius 1 is 0.860 bits per heavy atom. The van der Waals surface area contributed by atoms with Gasteiger partial charge < -0.3 is 35.2 Å². The molecule has 1 atom stereocenters. The van der Waals surface area contributed by atoms with Gasteiger partial charge >= 0.3 is 6.03 Å². The summed E-state index contributed by atoms with van der Waals surface area (Å²) in [6.07, 6.45) is 1.98. The smallest absolute Gasteiger partial charge is 0.323 e. The molecule has 9 heteroatoms. The Kier molecular flexibility index (Phi) is 8.60. The van der Waals surface area contributed by atoms with E-state index in [-0.39, 0.29) is 18.0 Å². The summed E-state index contributed by atoms with van der Waals surface area (Å²) >= 11 is 0. The second-order valence-corrected chi connectivity index (χ2v) is 10.8. The van der Waals surface area contributed by atoms with E-state index in [4.69, 9.17) is 9.47 Å².